The summed E-state index contributed by atoms with van der Waals surface area (Å²) in [4.78, 5) is 21.9. The molecule has 0 aliphatic heterocycles. The van der Waals surface area contributed by atoms with Crippen LogP contribution in [0.5, 0.6) is 0 Å². The molecule has 0 fully saturated rings. The molecule has 5 heteroatoms. The molecule has 0 heterocycles. The van der Waals surface area contributed by atoms with Crippen LogP contribution in [0.25, 0.3) is 0 Å². The van der Waals surface area contributed by atoms with Crippen molar-refractivity contribution in [1.29, 1.82) is 0 Å². The number of carboxylic acid groups (broad SMARTS) is 1. The van der Waals surface area contributed by atoms with E-state index in [1.165, 1.54) is 7.11 Å². The number of benzene rings is 1. The molecule has 0 saturated heterocycles. The van der Waals surface area contributed by atoms with Crippen molar-refractivity contribution in [3.63, 3.8) is 0 Å². The number of amides is 1. The Balaban J connectivity index is 3.00. The van der Waals surface area contributed by atoms with Crippen molar-refractivity contribution in [2.75, 3.05) is 12.4 Å². The van der Waals surface area contributed by atoms with Gasteiger partial charge >= 0.3 is 12.1 Å². The molecule has 0 aliphatic carbocycles. The summed E-state index contributed by atoms with van der Waals surface area (Å²) in [6.07, 6.45) is -0.620. The van der Waals surface area contributed by atoms with E-state index in [1.807, 2.05) is 0 Å². The largest absolute Gasteiger partial charge is 0.481 e. The lowest BCUT2D eigenvalue weighted by Gasteiger charge is -2.13. The van der Waals surface area contributed by atoms with E-state index in [0.717, 1.165) is 0 Å². The third-order valence-corrected chi connectivity index (χ3v) is 2.22. The number of carbonyl (C=O) groups excluding carboxylic acids is 1. The molecule has 0 spiro atoms. The van der Waals surface area contributed by atoms with Crippen LogP contribution in [0.15, 0.2) is 24.3 Å². The summed E-state index contributed by atoms with van der Waals surface area (Å²) in [5, 5.41) is 11.4. The molecule has 0 saturated carbocycles. The van der Waals surface area contributed by atoms with Gasteiger partial charge in [0.05, 0.1) is 13.0 Å². The molecule has 1 aromatic rings. The topological polar surface area (TPSA) is 75.6 Å². The molecule has 0 aliphatic rings. The van der Waals surface area contributed by atoms with Crippen LogP contribution in [0, 0.1) is 0 Å². The van der Waals surface area contributed by atoms with E-state index >= 15 is 0 Å². The van der Waals surface area contributed by atoms with Crippen LogP contribution in [-0.2, 0) is 9.53 Å². The number of methoxy groups -OCH3 is 1. The summed E-state index contributed by atoms with van der Waals surface area (Å²) in [5.41, 5.74) is 0.990. The molecule has 0 bridgehead atoms. The summed E-state index contributed by atoms with van der Waals surface area (Å²) in [6.45, 7) is 1.56. The summed E-state index contributed by atoms with van der Waals surface area (Å²) in [5.74, 6) is -1.63. The SMILES string of the molecule is COC(=O)Nc1ccccc1C(C)C(=O)O. The summed E-state index contributed by atoms with van der Waals surface area (Å²) < 4.78 is 4.45. The van der Waals surface area contributed by atoms with Gasteiger partial charge in [-0.15, -0.1) is 0 Å². The van der Waals surface area contributed by atoms with Gasteiger partial charge in [0.25, 0.3) is 0 Å². The maximum Gasteiger partial charge on any atom is 0.411 e. The number of hydrogen-bond donors (Lipinski definition) is 2. The van der Waals surface area contributed by atoms with Crippen LogP contribution in [0.1, 0.15) is 18.4 Å². The van der Waals surface area contributed by atoms with Crippen molar-refractivity contribution in [1.82, 2.24) is 0 Å². The molecule has 16 heavy (non-hydrogen) atoms. The molecule has 1 aromatic carbocycles. The first kappa shape index (κ1) is 12.0. The van der Waals surface area contributed by atoms with Gasteiger partial charge in [0.15, 0.2) is 0 Å². The van der Waals surface area contributed by atoms with Crippen molar-refractivity contribution in [2.24, 2.45) is 0 Å². The highest BCUT2D eigenvalue weighted by Crippen LogP contribution is 2.24. The standard InChI is InChI=1S/C11H13NO4/c1-7(10(13)14)8-5-3-4-6-9(8)12-11(15)16-2/h3-7H,1-2H3,(H,12,15)(H,13,14). The molecular weight excluding hydrogens is 210 g/mol. The smallest absolute Gasteiger partial charge is 0.411 e. The number of hydrogen-bond acceptors (Lipinski definition) is 3. The van der Waals surface area contributed by atoms with E-state index in [1.54, 1.807) is 31.2 Å². The zero-order valence-corrected chi connectivity index (χ0v) is 9.06. The maximum atomic E-state index is 11.0. The second kappa shape index (κ2) is 5.16. The minimum Gasteiger partial charge on any atom is -0.481 e. The summed E-state index contributed by atoms with van der Waals surface area (Å²) in [6, 6.07) is 6.72. The number of anilines is 1. The summed E-state index contributed by atoms with van der Waals surface area (Å²) >= 11 is 0. The molecular formula is C11H13NO4. The first-order valence-corrected chi connectivity index (χ1v) is 4.73. The molecule has 1 atom stereocenters. The van der Waals surface area contributed by atoms with E-state index in [9.17, 15) is 9.59 Å². The Morgan fingerprint density at radius 1 is 1.38 bits per heavy atom. The number of carbonyl (C=O) groups is 2. The number of para-hydroxylation sites is 1. The molecule has 2 N–H and O–H groups in total. The van der Waals surface area contributed by atoms with Crippen molar-refractivity contribution in [3.8, 4) is 0 Å². The van der Waals surface area contributed by atoms with Gasteiger partial charge in [0.1, 0.15) is 0 Å². The highest BCUT2D eigenvalue weighted by atomic mass is 16.5. The van der Waals surface area contributed by atoms with E-state index in [4.69, 9.17) is 5.11 Å². The van der Waals surface area contributed by atoms with Crippen LogP contribution >= 0.6 is 0 Å². The average molecular weight is 223 g/mol. The Bertz CT molecular complexity index is 403. The predicted molar refractivity (Wildman–Crippen MR) is 58.5 cm³/mol. The number of aliphatic carboxylic acids is 1. The Kier molecular flexibility index (Phi) is 3.88. The van der Waals surface area contributed by atoms with E-state index in [0.29, 0.717) is 11.3 Å². The van der Waals surface area contributed by atoms with Gasteiger partial charge in [-0.1, -0.05) is 18.2 Å². The predicted octanol–water partition coefficient (Wildman–Crippen LogP) is 2.05. The lowest BCUT2D eigenvalue weighted by molar-refractivity contribution is -0.138. The van der Waals surface area contributed by atoms with Gasteiger partial charge in [0, 0.05) is 5.69 Å². The monoisotopic (exact) mass is 223 g/mol. The average Bonchev–Trinajstić information content (AvgIpc) is 2.28. The van der Waals surface area contributed by atoms with Crippen molar-refractivity contribution in [3.05, 3.63) is 29.8 Å². The Morgan fingerprint density at radius 3 is 2.56 bits per heavy atom. The molecule has 86 valence electrons. The van der Waals surface area contributed by atoms with E-state index in [-0.39, 0.29) is 0 Å². The molecule has 0 aromatic heterocycles. The van der Waals surface area contributed by atoms with Gasteiger partial charge in [-0.2, -0.15) is 0 Å². The Labute approximate surface area is 93.0 Å². The second-order valence-corrected chi connectivity index (χ2v) is 3.26. The van der Waals surface area contributed by atoms with Crippen molar-refractivity contribution >= 4 is 17.7 Å². The fraction of sp³-hybridized carbons (Fsp3) is 0.273. The molecule has 1 rings (SSSR count). The third kappa shape index (κ3) is 2.73. The molecule has 0 radical (unpaired) electrons. The van der Waals surface area contributed by atoms with Gasteiger partial charge in [-0.05, 0) is 18.6 Å². The van der Waals surface area contributed by atoms with Gasteiger partial charge < -0.3 is 9.84 Å². The first-order chi connectivity index (χ1) is 7.56. The van der Waals surface area contributed by atoms with Crippen LogP contribution in [0.4, 0.5) is 10.5 Å². The lowest BCUT2D eigenvalue weighted by Crippen LogP contribution is -2.15. The minimum atomic E-state index is -0.945. The van der Waals surface area contributed by atoms with Crippen molar-refractivity contribution < 1.29 is 19.4 Å². The second-order valence-electron chi connectivity index (χ2n) is 3.26. The highest BCUT2D eigenvalue weighted by Gasteiger charge is 2.17. The van der Waals surface area contributed by atoms with Crippen LogP contribution < -0.4 is 5.32 Å². The number of ether oxygens (including phenoxy) is 1. The quantitative estimate of drug-likeness (QED) is 0.822. The fourth-order valence-corrected chi connectivity index (χ4v) is 1.28. The van der Waals surface area contributed by atoms with Gasteiger partial charge in [-0.25, -0.2) is 4.79 Å². The van der Waals surface area contributed by atoms with E-state index in [2.05, 4.69) is 10.1 Å². The van der Waals surface area contributed by atoms with Crippen LogP contribution in [-0.4, -0.2) is 24.3 Å². The number of carboxylic acids is 1. The normalized spacial score (nSPS) is 11.6. The summed E-state index contributed by atoms with van der Waals surface area (Å²) in [7, 11) is 1.25. The van der Waals surface area contributed by atoms with E-state index < -0.39 is 18.0 Å². The highest BCUT2D eigenvalue weighted by molar-refractivity contribution is 5.88. The first-order valence-electron chi connectivity index (χ1n) is 4.73. The van der Waals surface area contributed by atoms with Gasteiger partial charge in [0.2, 0.25) is 0 Å². The van der Waals surface area contributed by atoms with Gasteiger partial charge in [-0.3, -0.25) is 10.1 Å². The third-order valence-electron chi connectivity index (χ3n) is 2.22. The number of nitrogens with one attached hydrogen (secondary N) is 1. The molecule has 1 amide bonds. The van der Waals surface area contributed by atoms with Crippen LogP contribution in [0.3, 0.4) is 0 Å². The Hall–Kier alpha value is -2.04. The Morgan fingerprint density at radius 2 is 2.00 bits per heavy atom. The fourth-order valence-electron chi connectivity index (χ4n) is 1.28. The van der Waals surface area contributed by atoms with Crippen LogP contribution in [0.2, 0.25) is 0 Å². The zero-order chi connectivity index (χ0) is 12.1. The maximum absolute atomic E-state index is 11.0. The lowest BCUT2D eigenvalue weighted by atomic mass is 9.99. The number of rotatable bonds is 3. The zero-order valence-electron chi connectivity index (χ0n) is 9.06. The minimum absolute atomic E-state index is 0.448. The molecule has 5 nitrogen and oxygen atoms in total. The molecule has 1 unspecified atom stereocenters. The van der Waals surface area contributed by atoms with Crippen molar-refractivity contribution in [2.45, 2.75) is 12.8 Å².